The van der Waals surface area contributed by atoms with Gasteiger partial charge in [0.2, 0.25) is 11.8 Å². The Labute approximate surface area is 154 Å². The van der Waals surface area contributed by atoms with Crippen LogP contribution in [0.1, 0.15) is 38.5 Å². The SMILES string of the molecule is O=C(NC1(C(=O)O)CCCCC1)[C@H]1CC(=O)N(c2ccc(Br)cc2)C1. The smallest absolute Gasteiger partial charge is 0.329 e. The van der Waals surface area contributed by atoms with E-state index in [1.165, 1.54) is 0 Å². The first-order valence-corrected chi connectivity index (χ1v) is 9.32. The molecule has 1 aromatic carbocycles. The van der Waals surface area contributed by atoms with Gasteiger partial charge in [-0.05, 0) is 37.1 Å². The molecule has 1 atom stereocenters. The summed E-state index contributed by atoms with van der Waals surface area (Å²) in [5.74, 6) is -1.95. The van der Waals surface area contributed by atoms with Crippen LogP contribution in [0.25, 0.3) is 0 Å². The number of hydrogen-bond acceptors (Lipinski definition) is 3. The van der Waals surface area contributed by atoms with Gasteiger partial charge in [0, 0.05) is 23.1 Å². The second-order valence-electron chi connectivity index (χ2n) is 6.82. The Balaban J connectivity index is 1.70. The van der Waals surface area contributed by atoms with Gasteiger partial charge in [0.15, 0.2) is 0 Å². The summed E-state index contributed by atoms with van der Waals surface area (Å²) in [4.78, 5) is 38.2. The quantitative estimate of drug-likeness (QED) is 0.801. The van der Waals surface area contributed by atoms with Gasteiger partial charge >= 0.3 is 5.97 Å². The number of carboxylic acids is 1. The molecular weight excluding hydrogens is 388 g/mol. The van der Waals surface area contributed by atoms with E-state index >= 15 is 0 Å². The zero-order chi connectivity index (χ0) is 18.0. The van der Waals surface area contributed by atoms with Crippen molar-refractivity contribution in [3.63, 3.8) is 0 Å². The zero-order valence-corrected chi connectivity index (χ0v) is 15.4. The molecule has 2 aliphatic rings. The molecule has 0 bridgehead atoms. The Hall–Kier alpha value is -1.89. The molecule has 0 spiro atoms. The highest BCUT2D eigenvalue weighted by atomic mass is 79.9. The predicted molar refractivity (Wildman–Crippen MR) is 96.2 cm³/mol. The van der Waals surface area contributed by atoms with Crippen molar-refractivity contribution in [2.75, 3.05) is 11.4 Å². The van der Waals surface area contributed by atoms with Crippen LogP contribution >= 0.6 is 15.9 Å². The molecule has 2 fully saturated rings. The van der Waals surface area contributed by atoms with Crippen LogP contribution in [0, 0.1) is 5.92 Å². The lowest BCUT2D eigenvalue weighted by Gasteiger charge is -2.34. The number of nitrogens with one attached hydrogen (secondary N) is 1. The molecule has 1 saturated carbocycles. The first kappa shape index (κ1) is 17.9. The molecule has 1 saturated heterocycles. The Bertz CT molecular complexity index is 683. The van der Waals surface area contributed by atoms with E-state index in [0.29, 0.717) is 12.8 Å². The minimum absolute atomic E-state index is 0.109. The van der Waals surface area contributed by atoms with Crippen molar-refractivity contribution >= 4 is 39.4 Å². The summed E-state index contributed by atoms with van der Waals surface area (Å²) in [5, 5.41) is 12.3. The number of halogens is 1. The van der Waals surface area contributed by atoms with E-state index < -0.39 is 17.4 Å². The number of benzene rings is 1. The molecule has 3 rings (SSSR count). The van der Waals surface area contributed by atoms with Gasteiger partial charge in [-0.2, -0.15) is 0 Å². The Morgan fingerprint density at radius 2 is 1.80 bits per heavy atom. The van der Waals surface area contributed by atoms with Gasteiger partial charge in [0.25, 0.3) is 0 Å². The van der Waals surface area contributed by atoms with Crippen molar-refractivity contribution < 1.29 is 19.5 Å². The van der Waals surface area contributed by atoms with Gasteiger partial charge < -0.3 is 15.3 Å². The van der Waals surface area contributed by atoms with Crippen LogP contribution in [0.5, 0.6) is 0 Å². The molecule has 134 valence electrons. The molecule has 0 aromatic heterocycles. The van der Waals surface area contributed by atoms with Gasteiger partial charge in [0.05, 0.1) is 5.92 Å². The Morgan fingerprint density at radius 1 is 1.16 bits per heavy atom. The molecule has 2 N–H and O–H groups in total. The van der Waals surface area contributed by atoms with E-state index in [0.717, 1.165) is 29.4 Å². The molecule has 1 heterocycles. The molecule has 0 unspecified atom stereocenters. The van der Waals surface area contributed by atoms with Crippen LogP contribution in [0.2, 0.25) is 0 Å². The van der Waals surface area contributed by atoms with Crippen LogP contribution in [-0.4, -0.2) is 35.0 Å². The highest BCUT2D eigenvalue weighted by Gasteiger charge is 2.44. The predicted octanol–water partition coefficient (Wildman–Crippen LogP) is 2.71. The number of aliphatic carboxylic acids is 1. The second kappa shape index (κ2) is 7.15. The van der Waals surface area contributed by atoms with Gasteiger partial charge in [0.1, 0.15) is 5.54 Å². The lowest BCUT2D eigenvalue weighted by atomic mass is 9.81. The van der Waals surface area contributed by atoms with Crippen LogP contribution in [0.15, 0.2) is 28.7 Å². The summed E-state index contributed by atoms with van der Waals surface area (Å²) < 4.78 is 0.915. The van der Waals surface area contributed by atoms with E-state index in [2.05, 4.69) is 21.2 Å². The highest BCUT2D eigenvalue weighted by Crippen LogP contribution is 2.31. The summed E-state index contributed by atoms with van der Waals surface area (Å²) in [5.41, 5.74) is -0.433. The summed E-state index contributed by atoms with van der Waals surface area (Å²) in [6.07, 6.45) is 3.58. The lowest BCUT2D eigenvalue weighted by molar-refractivity contribution is -0.149. The van der Waals surface area contributed by atoms with Crippen molar-refractivity contribution in [3.05, 3.63) is 28.7 Å². The number of rotatable bonds is 4. The maximum Gasteiger partial charge on any atom is 0.329 e. The maximum atomic E-state index is 12.6. The first-order valence-electron chi connectivity index (χ1n) is 8.53. The number of anilines is 1. The standard InChI is InChI=1S/C18H21BrN2O4/c19-13-4-6-14(7-5-13)21-11-12(10-15(21)22)16(23)20-18(17(24)25)8-2-1-3-9-18/h4-7,12H,1-3,8-11H2,(H,20,23)(H,24,25)/t12-/m0/s1. The van der Waals surface area contributed by atoms with Crippen LogP contribution in [0.4, 0.5) is 5.69 Å². The molecule has 6 nitrogen and oxygen atoms in total. The molecule has 2 amide bonds. The molecule has 25 heavy (non-hydrogen) atoms. The Kier molecular flexibility index (Phi) is 5.13. The van der Waals surface area contributed by atoms with E-state index in [1.54, 1.807) is 4.90 Å². The summed E-state index contributed by atoms with van der Waals surface area (Å²) >= 11 is 3.36. The number of carboxylic acid groups (broad SMARTS) is 1. The number of carbonyl (C=O) groups is 3. The number of nitrogens with zero attached hydrogens (tertiary/aromatic N) is 1. The average Bonchev–Trinajstić information content (AvgIpc) is 2.98. The second-order valence-corrected chi connectivity index (χ2v) is 7.73. The van der Waals surface area contributed by atoms with Gasteiger partial charge in [-0.15, -0.1) is 0 Å². The molecule has 7 heteroatoms. The van der Waals surface area contributed by atoms with Gasteiger partial charge in [-0.25, -0.2) is 4.79 Å². The molecule has 1 aliphatic heterocycles. The van der Waals surface area contributed by atoms with E-state index in [1.807, 2.05) is 24.3 Å². The normalized spacial score (nSPS) is 22.7. The fraction of sp³-hybridized carbons (Fsp3) is 0.500. The molecule has 0 radical (unpaired) electrons. The van der Waals surface area contributed by atoms with Crippen molar-refractivity contribution in [3.8, 4) is 0 Å². The van der Waals surface area contributed by atoms with Gasteiger partial charge in [-0.1, -0.05) is 35.2 Å². The summed E-state index contributed by atoms with van der Waals surface area (Å²) in [6.45, 7) is 0.280. The minimum Gasteiger partial charge on any atom is -0.480 e. The van der Waals surface area contributed by atoms with Crippen LogP contribution < -0.4 is 10.2 Å². The van der Waals surface area contributed by atoms with E-state index in [9.17, 15) is 19.5 Å². The fourth-order valence-corrected chi connectivity index (χ4v) is 3.90. The van der Waals surface area contributed by atoms with Gasteiger partial charge in [-0.3, -0.25) is 9.59 Å². The van der Waals surface area contributed by atoms with E-state index in [-0.39, 0.29) is 24.8 Å². The van der Waals surface area contributed by atoms with Crippen LogP contribution in [-0.2, 0) is 14.4 Å². The topological polar surface area (TPSA) is 86.7 Å². The highest BCUT2D eigenvalue weighted by molar-refractivity contribution is 9.10. The van der Waals surface area contributed by atoms with E-state index in [4.69, 9.17) is 0 Å². The number of carbonyl (C=O) groups excluding carboxylic acids is 2. The van der Waals surface area contributed by atoms with Crippen molar-refractivity contribution in [2.45, 2.75) is 44.1 Å². The number of hydrogen-bond donors (Lipinski definition) is 2. The third-order valence-corrected chi connectivity index (χ3v) is 5.64. The number of amides is 2. The third-order valence-electron chi connectivity index (χ3n) is 5.11. The first-order chi connectivity index (χ1) is 11.9. The molecular formula is C18H21BrN2O4. The Morgan fingerprint density at radius 3 is 2.40 bits per heavy atom. The van der Waals surface area contributed by atoms with Crippen molar-refractivity contribution in [2.24, 2.45) is 5.92 Å². The molecule has 1 aliphatic carbocycles. The summed E-state index contributed by atoms with van der Waals surface area (Å²) in [7, 11) is 0. The molecule has 1 aromatic rings. The van der Waals surface area contributed by atoms with Crippen LogP contribution in [0.3, 0.4) is 0 Å². The third kappa shape index (κ3) is 3.71. The van der Waals surface area contributed by atoms with Crippen molar-refractivity contribution in [1.82, 2.24) is 5.32 Å². The lowest BCUT2D eigenvalue weighted by Crippen LogP contribution is -2.57. The zero-order valence-electron chi connectivity index (χ0n) is 13.8. The van der Waals surface area contributed by atoms with Crippen molar-refractivity contribution in [1.29, 1.82) is 0 Å². The minimum atomic E-state index is -1.18. The largest absolute Gasteiger partial charge is 0.480 e. The summed E-state index contributed by atoms with van der Waals surface area (Å²) in [6, 6.07) is 7.33. The fourth-order valence-electron chi connectivity index (χ4n) is 3.64. The monoisotopic (exact) mass is 408 g/mol. The maximum absolute atomic E-state index is 12.6. The average molecular weight is 409 g/mol.